The molecule has 1 aromatic rings. The minimum Gasteiger partial charge on any atom is -0.467 e. The fraction of sp³-hybridized carbons (Fsp3) is 0.500. The molecule has 0 aliphatic carbocycles. The lowest BCUT2D eigenvalue weighted by molar-refractivity contribution is -0.145. The second-order valence-electron chi connectivity index (χ2n) is 6.95. The number of unbranched alkanes of at least 4 members (excludes halogenated alkanes) is 4. The fourth-order valence-corrected chi connectivity index (χ4v) is 3.01. The Hall–Kier alpha value is -2.70. The predicted molar refractivity (Wildman–Crippen MR) is 110 cm³/mol. The van der Waals surface area contributed by atoms with Crippen molar-refractivity contribution in [3.63, 3.8) is 0 Å². The molecule has 0 aliphatic heterocycles. The molecule has 0 saturated carbocycles. The Morgan fingerprint density at radius 2 is 1.86 bits per heavy atom. The summed E-state index contributed by atoms with van der Waals surface area (Å²) in [4.78, 5) is 36.3. The molecule has 2 atom stereocenters. The minimum atomic E-state index is -0.922. The topological polar surface area (TPSA) is 84.5 Å². The number of carbonyl (C=O) groups is 3. The van der Waals surface area contributed by atoms with E-state index >= 15 is 0 Å². The molecule has 6 nitrogen and oxygen atoms in total. The molecule has 0 saturated heterocycles. The maximum Gasteiger partial charge on any atom is 0.328 e. The van der Waals surface area contributed by atoms with Crippen molar-refractivity contribution in [1.29, 1.82) is 0 Å². The van der Waals surface area contributed by atoms with Crippen LogP contribution in [0.2, 0.25) is 0 Å². The summed E-state index contributed by atoms with van der Waals surface area (Å²) >= 11 is 0. The molecule has 2 amide bonds. The van der Waals surface area contributed by atoms with Crippen molar-refractivity contribution < 1.29 is 23.5 Å². The highest BCUT2D eigenvalue weighted by Crippen LogP contribution is 2.11. The zero-order chi connectivity index (χ0) is 21.6. The SMILES string of the molecule is C=CCCCCCC[C@@H](NC(=O)[C@@H](Cc1cccc(F)c1)NC(C)=O)C(=O)OC. The maximum absolute atomic E-state index is 13.4. The van der Waals surface area contributed by atoms with Crippen molar-refractivity contribution in [3.05, 3.63) is 48.3 Å². The first-order chi connectivity index (χ1) is 13.9. The first-order valence-electron chi connectivity index (χ1n) is 9.88. The van der Waals surface area contributed by atoms with Crippen LogP contribution in [0.5, 0.6) is 0 Å². The van der Waals surface area contributed by atoms with Gasteiger partial charge in [-0.1, -0.05) is 37.5 Å². The Labute approximate surface area is 171 Å². The van der Waals surface area contributed by atoms with Gasteiger partial charge in [-0.3, -0.25) is 9.59 Å². The standard InChI is InChI=1S/C22H31FN2O4/c1-4-5-6-7-8-9-13-19(22(28)29-3)25-21(27)20(24-16(2)26)15-17-11-10-12-18(23)14-17/h4,10-12,14,19-20H,1,5-9,13,15H2,2-3H3,(H,24,26)(H,25,27)/t19-,20-/m1/s1. The Morgan fingerprint density at radius 1 is 1.14 bits per heavy atom. The van der Waals surface area contributed by atoms with Crippen LogP contribution in [-0.2, 0) is 25.5 Å². The maximum atomic E-state index is 13.4. The molecule has 1 aromatic carbocycles. The smallest absolute Gasteiger partial charge is 0.328 e. The summed E-state index contributed by atoms with van der Waals surface area (Å²) in [6.45, 7) is 4.98. The molecule has 0 bridgehead atoms. The van der Waals surface area contributed by atoms with Crippen molar-refractivity contribution in [3.8, 4) is 0 Å². The lowest BCUT2D eigenvalue weighted by Gasteiger charge is -2.22. The van der Waals surface area contributed by atoms with E-state index in [1.807, 2.05) is 6.08 Å². The van der Waals surface area contributed by atoms with Gasteiger partial charge in [-0.2, -0.15) is 0 Å². The van der Waals surface area contributed by atoms with Gasteiger partial charge in [0.2, 0.25) is 11.8 Å². The molecule has 0 radical (unpaired) electrons. The van der Waals surface area contributed by atoms with Crippen LogP contribution in [0.3, 0.4) is 0 Å². The Balaban J connectivity index is 2.73. The average Bonchev–Trinajstić information content (AvgIpc) is 2.68. The lowest BCUT2D eigenvalue weighted by Crippen LogP contribution is -2.52. The van der Waals surface area contributed by atoms with E-state index < -0.39 is 35.7 Å². The quantitative estimate of drug-likeness (QED) is 0.300. The lowest BCUT2D eigenvalue weighted by atomic mass is 10.0. The highest BCUT2D eigenvalue weighted by atomic mass is 19.1. The summed E-state index contributed by atoms with van der Waals surface area (Å²) in [7, 11) is 1.27. The summed E-state index contributed by atoms with van der Waals surface area (Å²) in [5.74, 6) is -1.85. The molecule has 0 spiro atoms. The van der Waals surface area contributed by atoms with E-state index in [1.165, 1.54) is 32.2 Å². The van der Waals surface area contributed by atoms with Gasteiger partial charge in [0.15, 0.2) is 0 Å². The van der Waals surface area contributed by atoms with Crippen LogP contribution in [0.1, 0.15) is 51.0 Å². The van der Waals surface area contributed by atoms with Gasteiger partial charge in [-0.05, 0) is 37.0 Å². The number of benzene rings is 1. The van der Waals surface area contributed by atoms with Gasteiger partial charge in [-0.15, -0.1) is 6.58 Å². The molecule has 0 fully saturated rings. The van der Waals surface area contributed by atoms with Crippen molar-refractivity contribution in [2.24, 2.45) is 0 Å². The molecular formula is C22H31FN2O4. The number of ether oxygens (including phenoxy) is 1. The second kappa shape index (κ2) is 13.5. The second-order valence-corrected chi connectivity index (χ2v) is 6.95. The van der Waals surface area contributed by atoms with Crippen molar-refractivity contribution in [1.82, 2.24) is 10.6 Å². The number of hydrogen-bond donors (Lipinski definition) is 2. The summed E-state index contributed by atoms with van der Waals surface area (Å²) in [5.41, 5.74) is 0.565. The Bertz CT molecular complexity index is 693. The van der Waals surface area contributed by atoms with Crippen molar-refractivity contribution in [2.75, 3.05) is 7.11 Å². The molecule has 160 valence electrons. The summed E-state index contributed by atoms with van der Waals surface area (Å²) in [6.07, 6.45) is 7.12. The molecule has 1 rings (SSSR count). The van der Waals surface area contributed by atoms with Crippen LogP contribution in [0.4, 0.5) is 4.39 Å². The van der Waals surface area contributed by atoms with E-state index in [1.54, 1.807) is 6.07 Å². The fourth-order valence-electron chi connectivity index (χ4n) is 3.01. The minimum absolute atomic E-state index is 0.110. The third kappa shape index (κ3) is 9.87. The summed E-state index contributed by atoms with van der Waals surface area (Å²) in [6, 6.07) is 4.11. The van der Waals surface area contributed by atoms with Gasteiger partial charge in [0.25, 0.3) is 0 Å². The van der Waals surface area contributed by atoms with Gasteiger partial charge >= 0.3 is 5.97 Å². The Kier molecular flexibility index (Phi) is 11.3. The number of esters is 1. The normalized spacial score (nSPS) is 12.5. The van der Waals surface area contributed by atoms with Gasteiger partial charge in [0, 0.05) is 13.3 Å². The molecule has 0 heterocycles. The van der Waals surface area contributed by atoms with Gasteiger partial charge in [0.05, 0.1) is 7.11 Å². The number of halogens is 1. The Morgan fingerprint density at radius 3 is 2.48 bits per heavy atom. The molecule has 0 aromatic heterocycles. The van der Waals surface area contributed by atoms with E-state index in [-0.39, 0.29) is 6.42 Å². The molecule has 29 heavy (non-hydrogen) atoms. The van der Waals surface area contributed by atoms with Crippen LogP contribution < -0.4 is 10.6 Å². The molecule has 7 heteroatoms. The van der Waals surface area contributed by atoms with E-state index in [4.69, 9.17) is 4.74 Å². The van der Waals surface area contributed by atoms with Crippen molar-refractivity contribution in [2.45, 2.75) is 64.0 Å². The van der Waals surface area contributed by atoms with Crippen LogP contribution in [0.15, 0.2) is 36.9 Å². The van der Waals surface area contributed by atoms with Gasteiger partial charge in [0.1, 0.15) is 17.9 Å². The first-order valence-corrected chi connectivity index (χ1v) is 9.88. The highest BCUT2D eigenvalue weighted by Gasteiger charge is 2.26. The average molecular weight is 406 g/mol. The largest absolute Gasteiger partial charge is 0.467 e. The number of rotatable bonds is 13. The summed E-state index contributed by atoms with van der Waals surface area (Å²) in [5, 5.41) is 5.24. The van der Waals surface area contributed by atoms with Crippen molar-refractivity contribution >= 4 is 17.8 Å². The zero-order valence-electron chi connectivity index (χ0n) is 17.2. The van der Waals surface area contributed by atoms with Crippen LogP contribution in [0, 0.1) is 5.82 Å². The number of carbonyl (C=O) groups excluding carboxylic acids is 3. The number of amides is 2. The van der Waals surface area contributed by atoms with Gasteiger partial charge in [-0.25, -0.2) is 9.18 Å². The van der Waals surface area contributed by atoms with E-state index in [0.29, 0.717) is 12.0 Å². The molecule has 2 N–H and O–H groups in total. The zero-order valence-corrected chi connectivity index (χ0v) is 17.2. The van der Waals surface area contributed by atoms with E-state index in [9.17, 15) is 18.8 Å². The number of nitrogens with one attached hydrogen (secondary N) is 2. The highest BCUT2D eigenvalue weighted by molar-refractivity contribution is 5.90. The van der Waals surface area contributed by atoms with Crippen LogP contribution >= 0.6 is 0 Å². The summed E-state index contributed by atoms with van der Waals surface area (Å²) < 4.78 is 18.2. The number of methoxy groups -OCH3 is 1. The van der Waals surface area contributed by atoms with Crippen LogP contribution in [-0.4, -0.2) is 37.0 Å². The van der Waals surface area contributed by atoms with E-state index in [2.05, 4.69) is 17.2 Å². The molecular weight excluding hydrogens is 375 g/mol. The van der Waals surface area contributed by atoms with Gasteiger partial charge < -0.3 is 15.4 Å². The first kappa shape index (κ1) is 24.3. The third-order valence-corrected chi connectivity index (χ3v) is 4.48. The molecule has 0 unspecified atom stereocenters. The van der Waals surface area contributed by atoms with E-state index in [0.717, 1.165) is 32.1 Å². The van der Waals surface area contributed by atoms with Crippen LogP contribution in [0.25, 0.3) is 0 Å². The predicted octanol–water partition coefficient (Wildman–Crippen LogP) is 3.06. The monoisotopic (exact) mass is 406 g/mol. The molecule has 0 aliphatic rings. The number of allylic oxidation sites excluding steroid dienone is 1. The third-order valence-electron chi connectivity index (χ3n) is 4.48. The number of hydrogen-bond acceptors (Lipinski definition) is 4.